The van der Waals surface area contributed by atoms with Crippen molar-refractivity contribution in [1.29, 1.82) is 0 Å². The van der Waals surface area contributed by atoms with Crippen molar-refractivity contribution in [2.75, 3.05) is 13.1 Å². The molecule has 0 saturated carbocycles. The third-order valence-electron chi connectivity index (χ3n) is 4.62. The quantitative estimate of drug-likeness (QED) is 0.723. The van der Waals surface area contributed by atoms with Gasteiger partial charge in [0.25, 0.3) is 0 Å². The Morgan fingerprint density at radius 2 is 2.00 bits per heavy atom. The molecule has 1 aliphatic heterocycles. The van der Waals surface area contributed by atoms with Gasteiger partial charge in [-0.2, -0.15) is 5.10 Å². The van der Waals surface area contributed by atoms with E-state index in [2.05, 4.69) is 51.4 Å². The highest BCUT2D eigenvalue weighted by atomic mass is 35.5. The van der Waals surface area contributed by atoms with Crippen LogP contribution in [0.5, 0.6) is 0 Å². The number of aromatic nitrogens is 3. The van der Waals surface area contributed by atoms with Crippen LogP contribution in [-0.4, -0.2) is 32.8 Å². The van der Waals surface area contributed by atoms with E-state index in [4.69, 9.17) is 11.6 Å². The van der Waals surface area contributed by atoms with E-state index in [0.717, 1.165) is 30.3 Å². The van der Waals surface area contributed by atoms with Crippen molar-refractivity contribution in [3.05, 3.63) is 77.3 Å². The summed E-state index contributed by atoms with van der Waals surface area (Å²) in [4.78, 5) is 6.49. The first-order valence-corrected chi connectivity index (χ1v) is 8.57. The molecule has 0 aliphatic carbocycles. The molecular formula is C19H19ClN4. The van der Waals surface area contributed by atoms with Gasteiger partial charge in [-0.25, -0.2) is 9.67 Å². The SMILES string of the molecule is Clc1cccc(C2CCN(Cc3ccc(-n4cncn4)cc3)C2)c1. The van der Waals surface area contributed by atoms with Gasteiger partial charge in [-0.1, -0.05) is 35.9 Å². The highest BCUT2D eigenvalue weighted by Gasteiger charge is 2.23. The molecule has 1 unspecified atom stereocenters. The predicted molar refractivity (Wildman–Crippen MR) is 95.4 cm³/mol. The Bertz CT molecular complexity index is 798. The fraction of sp³-hybridized carbons (Fsp3) is 0.263. The van der Waals surface area contributed by atoms with Crippen LogP contribution in [0.3, 0.4) is 0 Å². The minimum absolute atomic E-state index is 0.582. The molecule has 0 bridgehead atoms. The van der Waals surface area contributed by atoms with E-state index in [1.807, 2.05) is 12.1 Å². The van der Waals surface area contributed by atoms with Crippen molar-refractivity contribution in [1.82, 2.24) is 19.7 Å². The molecular weight excluding hydrogens is 320 g/mol. The number of likely N-dealkylation sites (tertiary alicyclic amines) is 1. The first kappa shape index (κ1) is 15.4. The zero-order chi connectivity index (χ0) is 16.4. The minimum Gasteiger partial charge on any atom is -0.298 e. The van der Waals surface area contributed by atoms with E-state index >= 15 is 0 Å². The van der Waals surface area contributed by atoms with E-state index in [-0.39, 0.29) is 0 Å². The monoisotopic (exact) mass is 338 g/mol. The second kappa shape index (κ2) is 6.75. The second-order valence-corrected chi connectivity index (χ2v) is 6.72. The van der Waals surface area contributed by atoms with Crippen molar-refractivity contribution in [3.8, 4) is 5.69 Å². The zero-order valence-electron chi connectivity index (χ0n) is 13.3. The van der Waals surface area contributed by atoms with Gasteiger partial charge in [-0.3, -0.25) is 4.90 Å². The lowest BCUT2D eigenvalue weighted by molar-refractivity contribution is 0.327. The Morgan fingerprint density at radius 3 is 2.75 bits per heavy atom. The second-order valence-electron chi connectivity index (χ2n) is 6.28. The van der Waals surface area contributed by atoms with Crippen LogP contribution in [0.25, 0.3) is 5.69 Å². The van der Waals surface area contributed by atoms with Gasteiger partial charge >= 0.3 is 0 Å². The van der Waals surface area contributed by atoms with Gasteiger partial charge in [-0.15, -0.1) is 0 Å². The van der Waals surface area contributed by atoms with Gasteiger partial charge in [-0.05, 0) is 54.3 Å². The summed E-state index contributed by atoms with van der Waals surface area (Å²) in [5, 5.41) is 4.98. The molecule has 0 radical (unpaired) electrons. The van der Waals surface area contributed by atoms with E-state index < -0.39 is 0 Å². The predicted octanol–water partition coefficient (Wildman–Crippen LogP) is 3.91. The molecule has 0 amide bonds. The molecule has 5 heteroatoms. The van der Waals surface area contributed by atoms with Crippen molar-refractivity contribution in [2.24, 2.45) is 0 Å². The molecule has 2 aromatic carbocycles. The van der Waals surface area contributed by atoms with Gasteiger partial charge in [0, 0.05) is 18.1 Å². The normalized spacial score (nSPS) is 18.1. The van der Waals surface area contributed by atoms with Crippen molar-refractivity contribution in [3.63, 3.8) is 0 Å². The molecule has 1 aromatic heterocycles. The van der Waals surface area contributed by atoms with Crippen LogP contribution in [0.1, 0.15) is 23.5 Å². The highest BCUT2D eigenvalue weighted by Crippen LogP contribution is 2.29. The van der Waals surface area contributed by atoms with Crippen LogP contribution in [0.15, 0.2) is 61.2 Å². The molecule has 1 saturated heterocycles. The lowest BCUT2D eigenvalue weighted by atomic mass is 9.99. The molecule has 122 valence electrons. The molecule has 24 heavy (non-hydrogen) atoms. The van der Waals surface area contributed by atoms with Crippen molar-refractivity contribution < 1.29 is 0 Å². The Labute approximate surface area is 146 Å². The number of hydrogen-bond acceptors (Lipinski definition) is 3. The fourth-order valence-electron chi connectivity index (χ4n) is 3.36. The summed E-state index contributed by atoms with van der Waals surface area (Å²) in [5.41, 5.74) is 3.71. The maximum absolute atomic E-state index is 6.12. The third-order valence-corrected chi connectivity index (χ3v) is 4.85. The van der Waals surface area contributed by atoms with Crippen LogP contribution in [0.2, 0.25) is 5.02 Å². The van der Waals surface area contributed by atoms with E-state index in [1.165, 1.54) is 17.5 Å². The van der Waals surface area contributed by atoms with Crippen LogP contribution in [0.4, 0.5) is 0 Å². The maximum atomic E-state index is 6.12. The average Bonchev–Trinajstić information content (AvgIpc) is 3.27. The summed E-state index contributed by atoms with van der Waals surface area (Å²) < 4.78 is 1.77. The molecule has 4 rings (SSSR count). The van der Waals surface area contributed by atoms with Gasteiger partial charge in [0.15, 0.2) is 0 Å². The average molecular weight is 339 g/mol. The Hall–Kier alpha value is -2.17. The molecule has 2 heterocycles. The molecule has 0 N–H and O–H groups in total. The first-order chi connectivity index (χ1) is 11.8. The summed E-state index contributed by atoms with van der Waals surface area (Å²) in [5.74, 6) is 0.582. The van der Waals surface area contributed by atoms with Crippen LogP contribution in [-0.2, 0) is 6.54 Å². The number of nitrogens with zero attached hydrogens (tertiary/aromatic N) is 4. The summed E-state index contributed by atoms with van der Waals surface area (Å²) in [6.45, 7) is 3.20. The summed E-state index contributed by atoms with van der Waals surface area (Å²) >= 11 is 6.12. The molecule has 4 nitrogen and oxygen atoms in total. The van der Waals surface area contributed by atoms with Gasteiger partial charge in [0.2, 0.25) is 0 Å². The van der Waals surface area contributed by atoms with Crippen LogP contribution in [0, 0.1) is 0 Å². The lowest BCUT2D eigenvalue weighted by Crippen LogP contribution is -2.19. The lowest BCUT2D eigenvalue weighted by Gasteiger charge is -2.16. The first-order valence-electron chi connectivity index (χ1n) is 8.20. The number of rotatable bonds is 4. The zero-order valence-corrected chi connectivity index (χ0v) is 14.1. The Balaban J connectivity index is 1.40. The molecule has 0 spiro atoms. The third kappa shape index (κ3) is 3.35. The van der Waals surface area contributed by atoms with Crippen LogP contribution >= 0.6 is 11.6 Å². The van der Waals surface area contributed by atoms with E-state index in [9.17, 15) is 0 Å². The van der Waals surface area contributed by atoms with Gasteiger partial charge < -0.3 is 0 Å². The largest absolute Gasteiger partial charge is 0.298 e. The summed E-state index contributed by atoms with van der Waals surface area (Å²) in [6, 6.07) is 16.8. The van der Waals surface area contributed by atoms with E-state index in [1.54, 1.807) is 17.3 Å². The van der Waals surface area contributed by atoms with E-state index in [0.29, 0.717) is 5.92 Å². The summed E-state index contributed by atoms with van der Waals surface area (Å²) in [7, 11) is 0. The number of halogens is 1. The molecule has 1 fully saturated rings. The van der Waals surface area contributed by atoms with Crippen molar-refractivity contribution in [2.45, 2.75) is 18.9 Å². The topological polar surface area (TPSA) is 34.0 Å². The highest BCUT2D eigenvalue weighted by molar-refractivity contribution is 6.30. The standard InChI is InChI=1S/C19H19ClN4/c20-18-3-1-2-16(10-18)17-8-9-23(12-17)11-15-4-6-19(7-5-15)24-14-21-13-22-24/h1-7,10,13-14,17H,8-9,11-12H2. The van der Waals surface area contributed by atoms with Crippen molar-refractivity contribution >= 4 is 11.6 Å². The molecule has 1 atom stereocenters. The smallest absolute Gasteiger partial charge is 0.138 e. The minimum atomic E-state index is 0.582. The number of hydrogen-bond donors (Lipinski definition) is 0. The van der Waals surface area contributed by atoms with Crippen LogP contribution < -0.4 is 0 Å². The Morgan fingerprint density at radius 1 is 1.12 bits per heavy atom. The molecule has 1 aliphatic rings. The maximum Gasteiger partial charge on any atom is 0.138 e. The fourth-order valence-corrected chi connectivity index (χ4v) is 3.56. The van der Waals surface area contributed by atoms with Gasteiger partial charge in [0.05, 0.1) is 5.69 Å². The number of benzene rings is 2. The Kier molecular flexibility index (Phi) is 4.32. The molecule has 3 aromatic rings. The summed E-state index contributed by atoms with van der Waals surface area (Å²) in [6.07, 6.45) is 4.45. The van der Waals surface area contributed by atoms with Gasteiger partial charge in [0.1, 0.15) is 12.7 Å².